The lowest BCUT2D eigenvalue weighted by molar-refractivity contribution is -0.00626. The molecule has 3 rings (SSSR count). The number of benzene rings is 1. The van der Waals surface area contributed by atoms with Gasteiger partial charge in [0.25, 0.3) is 5.92 Å². The van der Waals surface area contributed by atoms with Crippen molar-refractivity contribution in [3.63, 3.8) is 0 Å². The van der Waals surface area contributed by atoms with E-state index in [1.165, 1.54) is 22.6 Å². The van der Waals surface area contributed by atoms with E-state index in [9.17, 15) is 8.78 Å². The topological polar surface area (TPSA) is 12.0 Å². The highest BCUT2D eigenvalue weighted by Gasteiger charge is 2.32. The lowest BCUT2D eigenvalue weighted by Crippen LogP contribution is -2.34. The molecule has 0 amide bonds. The van der Waals surface area contributed by atoms with Gasteiger partial charge < -0.3 is 5.32 Å². The highest BCUT2D eigenvalue weighted by Crippen LogP contribution is 2.34. The maximum absolute atomic E-state index is 14.2. The Kier molecular flexibility index (Phi) is 3.85. The molecule has 1 unspecified atom stereocenters. The van der Waals surface area contributed by atoms with Crippen LogP contribution in [-0.4, -0.2) is 6.54 Å². The zero-order valence-corrected chi connectivity index (χ0v) is 11.9. The van der Waals surface area contributed by atoms with Gasteiger partial charge in [0.15, 0.2) is 0 Å². The molecule has 1 N–H and O–H groups in total. The first-order chi connectivity index (χ1) is 9.67. The zero-order chi connectivity index (χ0) is 14.0. The van der Waals surface area contributed by atoms with Crippen molar-refractivity contribution in [1.29, 1.82) is 0 Å². The second-order valence-corrected chi connectivity index (χ2v) is 6.20. The Bertz CT molecular complexity index is 565. The van der Waals surface area contributed by atoms with Crippen LogP contribution in [0, 0.1) is 0 Å². The normalized spacial score (nSPS) is 18.8. The SMILES string of the molecule is FC(F)(CNC1CCCc2sccc21)c1ccccc1. The molecular weight excluding hydrogens is 276 g/mol. The van der Waals surface area contributed by atoms with Gasteiger partial charge in [0.05, 0.1) is 6.54 Å². The summed E-state index contributed by atoms with van der Waals surface area (Å²) in [5.74, 6) is -2.82. The molecule has 1 aliphatic rings. The predicted octanol–water partition coefficient (Wildman–Crippen LogP) is 4.51. The van der Waals surface area contributed by atoms with E-state index >= 15 is 0 Å². The van der Waals surface area contributed by atoms with Gasteiger partial charge in [0.2, 0.25) is 0 Å². The monoisotopic (exact) mass is 293 g/mol. The first-order valence-corrected chi connectivity index (χ1v) is 7.78. The first-order valence-electron chi connectivity index (χ1n) is 6.90. The Hall–Kier alpha value is -1.26. The number of hydrogen-bond donors (Lipinski definition) is 1. The summed E-state index contributed by atoms with van der Waals surface area (Å²) >= 11 is 1.73. The average molecular weight is 293 g/mol. The molecule has 4 heteroatoms. The fourth-order valence-corrected chi connectivity index (χ4v) is 3.72. The molecular formula is C16H17F2NS. The van der Waals surface area contributed by atoms with E-state index < -0.39 is 5.92 Å². The lowest BCUT2D eigenvalue weighted by Gasteiger charge is -2.26. The largest absolute Gasteiger partial charge is 0.304 e. The molecule has 1 aromatic carbocycles. The van der Waals surface area contributed by atoms with Gasteiger partial charge >= 0.3 is 0 Å². The van der Waals surface area contributed by atoms with Crippen LogP contribution in [0.4, 0.5) is 8.78 Å². The summed E-state index contributed by atoms with van der Waals surface area (Å²) in [6.45, 7) is -0.309. The van der Waals surface area contributed by atoms with Crippen LogP contribution in [0.1, 0.15) is 34.9 Å². The van der Waals surface area contributed by atoms with E-state index in [-0.39, 0.29) is 18.2 Å². The van der Waals surface area contributed by atoms with Gasteiger partial charge in [0, 0.05) is 16.5 Å². The van der Waals surface area contributed by atoms with Gasteiger partial charge in [-0.1, -0.05) is 30.3 Å². The molecule has 106 valence electrons. The number of aryl methyl sites for hydroxylation is 1. The van der Waals surface area contributed by atoms with Crippen LogP contribution in [0.15, 0.2) is 41.8 Å². The number of nitrogens with one attached hydrogen (secondary N) is 1. The van der Waals surface area contributed by atoms with Crippen LogP contribution < -0.4 is 5.32 Å². The second kappa shape index (κ2) is 5.62. The van der Waals surface area contributed by atoms with E-state index in [0.717, 1.165) is 19.3 Å². The Balaban J connectivity index is 1.69. The number of halogens is 2. The van der Waals surface area contributed by atoms with Crippen molar-refractivity contribution in [2.24, 2.45) is 0 Å². The molecule has 0 fully saturated rings. The number of thiophene rings is 1. The summed E-state index contributed by atoms with van der Waals surface area (Å²) in [7, 11) is 0. The molecule has 0 radical (unpaired) electrons. The van der Waals surface area contributed by atoms with Crippen molar-refractivity contribution >= 4 is 11.3 Å². The van der Waals surface area contributed by atoms with Gasteiger partial charge in [-0.3, -0.25) is 0 Å². The Morgan fingerprint density at radius 2 is 2.00 bits per heavy atom. The number of hydrogen-bond acceptors (Lipinski definition) is 2. The minimum Gasteiger partial charge on any atom is -0.304 e. The molecule has 0 aliphatic heterocycles. The molecule has 0 saturated carbocycles. The Morgan fingerprint density at radius 3 is 2.80 bits per heavy atom. The van der Waals surface area contributed by atoms with Gasteiger partial charge in [-0.15, -0.1) is 11.3 Å². The predicted molar refractivity (Wildman–Crippen MR) is 78.3 cm³/mol. The minimum atomic E-state index is -2.82. The third kappa shape index (κ3) is 2.76. The van der Waals surface area contributed by atoms with Crippen molar-refractivity contribution in [3.05, 3.63) is 57.8 Å². The molecule has 1 heterocycles. The van der Waals surface area contributed by atoms with Crippen LogP contribution in [0.25, 0.3) is 0 Å². The summed E-state index contributed by atoms with van der Waals surface area (Å²) in [6.07, 6.45) is 3.09. The van der Waals surface area contributed by atoms with E-state index in [1.54, 1.807) is 29.5 Å². The van der Waals surface area contributed by atoms with E-state index in [0.29, 0.717) is 0 Å². The van der Waals surface area contributed by atoms with Crippen molar-refractivity contribution in [3.8, 4) is 0 Å². The molecule has 2 aromatic rings. The molecule has 0 saturated heterocycles. The average Bonchev–Trinajstić information content (AvgIpc) is 2.95. The summed E-state index contributed by atoms with van der Waals surface area (Å²) in [6, 6.07) is 10.2. The number of alkyl halides is 2. The van der Waals surface area contributed by atoms with Crippen LogP contribution in [-0.2, 0) is 12.3 Å². The van der Waals surface area contributed by atoms with Crippen molar-refractivity contribution in [2.45, 2.75) is 31.2 Å². The van der Waals surface area contributed by atoms with Crippen molar-refractivity contribution in [1.82, 2.24) is 5.32 Å². The van der Waals surface area contributed by atoms with Crippen molar-refractivity contribution in [2.75, 3.05) is 6.54 Å². The lowest BCUT2D eigenvalue weighted by atomic mass is 9.93. The molecule has 1 atom stereocenters. The highest BCUT2D eigenvalue weighted by atomic mass is 32.1. The van der Waals surface area contributed by atoms with Crippen molar-refractivity contribution < 1.29 is 8.78 Å². The standard InChI is InChI=1S/C16H17F2NS/c17-16(18,12-5-2-1-3-6-12)11-19-14-7-4-8-15-13(14)9-10-20-15/h1-3,5-6,9-10,14,19H,4,7-8,11H2. The van der Waals surface area contributed by atoms with Gasteiger partial charge in [-0.2, -0.15) is 8.78 Å². The summed E-state index contributed by atoms with van der Waals surface area (Å²) < 4.78 is 28.3. The maximum Gasteiger partial charge on any atom is 0.285 e. The number of fused-ring (bicyclic) bond motifs is 1. The third-order valence-corrected chi connectivity index (χ3v) is 4.82. The second-order valence-electron chi connectivity index (χ2n) is 5.20. The van der Waals surface area contributed by atoms with Gasteiger partial charge in [0.1, 0.15) is 0 Å². The summed E-state index contributed by atoms with van der Waals surface area (Å²) in [4.78, 5) is 1.34. The Labute approximate surface area is 121 Å². The summed E-state index contributed by atoms with van der Waals surface area (Å²) in [5.41, 5.74) is 1.29. The smallest absolute Gasteiger partial charge is 0.285 e. The fraction of sp³-hybridized carbons (Fsp3) is 0.375. The zero-order valence-electron chi connectivity index (χ0n) is 11.1. The molecule has 1 aliphatic carbocycles. The van der Waals surface area contributed by atoms with Crippen LogP contribution in [0.2, 0.25) is 0 Å². The highest BCUT2D eigenvalue weighted by molar-refractivity contribution is 7.10. The minimum absolute atomic E-state index is 0.0691. The number of rotatable bonds is 4. The van der Waals surface area contributed by atoms with Crippen LogP contribution >= 0.6 is 11.3 Å². The van der Waals surface area contributed by atoms with E-state index in [1.807, 2.05) is 0 Å². The third-order valence-electron chi connectivity index (χ3n) is 3.82. The molecule has 0 spiro atoms. The molecule has 20 heavy (non-hydrogen) atoms. The van der Waals surface area contributed by atoms with Crippen LogP contribution in [0.5, 0.6) is 0 Å². The van der Waals surface area contributed by atoms with E-state index in [4.69, 9.17) is 0 Å². The fourth-order valence-electron chi connectivity index (χ4n) is 2.73. The van der Waals surface area contributed by atoms with Crippen LogP contribution in [0.3, 0.4) is 0 Å². The maximum atomic E-state index is 14.2. The first kappa shape index (κ1) is 13.7. The van der Waals surface area contributed by atoms with Gasteiger partial charge in [-0.25, -0.2) is 0 Å². The Morgan fingerprint density at radius 1 is 1.20 bits per heavy atom. The molecule has 1 aromatic heterocycles. The summed E-state index contributed by atoms with van der Waals surface area (Å²) in [5, 5.41) is 5.11. The van der Waals surface area contributed by atoms with Gasteiger partial charge in [-0.05, 0) is 36.3 Å². The molecule has 1 nitrogen and oxygen atoms in total. The van der Waals surface area contributed by atoms with E-state index in [2.05, 4.69) is 16.8 Å². The quantitative estimate of drug-likeness (QED) is 0.874. The molecule has 0 bridgehead atoms.